The van der Waals surface area contributed by atoms with Crippen LogP contribution in [0.3, 0.4) is 0 Å². The zero-order valence-electron chi connectivity index (χ0n) is 20.2. The van der Waals surface area contributed by atoms with E-state index in [4.69, 9.17) is 20.6 Å². The van der Waals surface area contributed by atoms with Gasteiger partial charge in [0, 0.05) is 25.2 Å². The number of ether oxygens (including phenoxy) is 2. The van der Waals surface area contributed by atoms with Gasteiger partial charge in [-0.2, -0.15) is 0 Å². The van der Waals surface area contributed by atoms with Crippen LogP contribution in [0.1, 0.15) is 31.2 Å². The van der Waals surface area contributed by atoms with Gasteiger partial charge < -0.3 is 25.0 Å². The van der Waals surface area contributed by atoms with Gasteiger partial charge in [0.25, 0.3) is 5.91 Å². The van der Waals surface area contributed by atoms with Gasteiger partial charge in [0.1, 0.15) is 17.7 Å². The summed E-state index contributed by atoms with van der Waals surface area (Å²) < 4.78 is 11.5. The van der Waals surface area contributed by atoms with Crippen LogP contribution < -0.4 is 10.5 Å². The van der Waals surface area contributed by atoms with E-state index in [-0.39, 0.29) is 36.3 Å². The SMILES string of the molecule is CN1CCCC(OC(=O)C2CCN(C(=O)COc3ccc(-c4ccc(C(=N)N)cc4)cc3)CC2)C1. The van der Waals surface area contributed by atoms with Crippen molar-refractivity contribution in [2.24, 2.45) is 11.7 Å². The molecule has 3 N–H and O–H groups in total. The summed E-state index contributed by atoms with van der Waals surface area (Å²) >= 11 is 0. The van der Waals surface area contributed by atoms with Gasteiger partial charge in [0.05, 0.1) is 5.92 Å². The lowest BCUT2D eigenvalue weighted by Gasteiger charge is -2.33. The smallest absolute Gasteiger partial charge is 0.309 e. The minimum atomic E-state index is -0.135. The Bertz CT molecular complexity index is 1030. The highest BCUT2D eigenvalue weighted by atomic mass is 16.5. The van der Waals surface area contributed by atoms with Gasteiger partial charge >= 0.3 is 5.97 Å². The summed E-state index contributed by atoms with van der Waals surface area (Å²) in [6.45, 7) is 2.91. The molecule has 2 heterocycles. The van der Waals surface area contributed by atoms with Crippen molar-refractivity contribution >= 4 is 17.7 Å². The maximum absolute atomic E-state index is 12.6. The van der Waals surface area contributed by atoms with Gasteiger partial charge in [0.15, 0.2) is 6.61 Å². The Labute approximate surface area is 206 Å². The van der Waals surface area contributed by atoms with Crippen LogP contribution in [-0.4, -0.2) is 73.4 Å². The Morgan fingerprint density at radius 1 is 0.971 bits per heavy atom. The van der Waals surface area contributed by atoms with Gasteiger partial charge in [-0.3, -0.25) is 15.0 Å². The summed E-state index contributed by atoms with van der Waals surface area (Å²) in [6, 6.07) is 15.0. The number of hydrogen-bond donors (Lipinski definition) is 2. The van der Waals surface area contributed by atoms with Gasteiger partial charge in [-0.25, -0.2) is 0 Å². The number of likely N-dealkylation sites (N-methyl/N-ethyl adjacent to an activating group) is 1. The number of nitrogens with one attached hydrogen (secondary N) is 1. The molecule has 1 atom stereocenters. The van der Waals surface area contributed by atoms with E-state index in [2.05, 4.69) is 11.9 Å². The summed E-state index contributed by atoms with van der Waals surface area (Å²) in [6.07, 6.45) is 3.23. The number of amidine groups is 1. The summed E-state index contributed by atoms with van der Waals surface area (Å²) in [5, 5.41) is 7.48. The lowest BCUT2D eigenvalue weighted by atomic mass is 9.96. The average Bonchev–Trinajstić information content (AvgIpc) is 2.88. The first-order chi connectivity index (χ1) is 16.9. The van der Waals surface area contributed by atoms with Crippen LogP contribution in [0.2, 0.25) is 0 Å². The number of nitrogen functional groups attached to an aromatic ring is 1. The second-order valence-corrected chi connectivity index (χ2v) is 9.42. The summed E-state index contributed by atoms with van der Waals surface area (Å²) in [5.74, 6) is 0.337. The molecule has 2 fully saturated rings. The predicted molar refractivity (Wildman–Crippen MR) is 134 cm³/mol. The molecule has 8 nitrogen and oxygen atoms in total. The van der Waals surface area contributed by atoms with Crippen LogP contribution in [0.5, 0.6) is 5.75 Å². The monoisotopic (exact) mass is 478 g/mol. The van der Waals surface area contributed by atoms with Crippen LogP contribution in [0, 0.1) is 11.3 Å². The third-order valence-electron chi connectivity index (χ3n) is 6.79. The fourth-order valence-electron chi connectivity index (χ4n) is 4.66. The van der Waals surface area contributed by atoms with E-state index >= 15 is 0 Å². The molecule has 8 heteroatoms. The third kappa shape index (κ3) is 6.60. The zero-order chi connectivity index (χ0) is 24.8. The summed E-state index contributed by atoms with van der Waals surface area (Å²) in [5.41, 5.74) is 8.21. The third-order valence-corrected chi connectivity index (χ3v) is 6.79. The molecule has 0 spiro atoms. The predicted octanol–water partition coefficient (Wildman–Crippen LogP) is 2.89. The molecule has 2 aliphatic heterocycles. The maximum Gasteiger partial charge on any atom is 0.309 e. The molecule has 0 saturated carbocycles. The van der Waals surface area contributed by atoms with Crippen molar-refractivity contribution in [3.63, 3.8) is 0 Å². The second-order valence-electron chi connectivity index (χ2n) is 9.42. The number of amides is 1. The van der Waals surface area contributed by atoms with Crippen LogP contribution in [0.25, 0.3) is 11.1 Å². The molecular weight excluding hydrogens is 444 g/mol. The second kappa shape index (κ2) is 11.4. The number of nitrogens with two attached hydrogens (primary N) is 1. The first-order valence-electron chi connectivity index (χ1n) is 12.2. The molecular formula is C27H34N4O4. The van der Waals surface area contributed by atoms with Crippen LogP contribution in [-0.2, 0) is 14.3 Å². The molecule has 1 amide bonds. The fraction of sp³-hybridized carbons (Fsp3) is 0.444. The molecule has 0 aliphatic carbocycles. The number of esters is 1. The Morgan fingerprint density at radius 2 is 1.60 bits per heavy atom. The van der Waals surface area contributed by atoms with E-state index in [9.17, 15) is 9.59 Å². The van der Waals surface area contributed by atoms with Crippen LogP contribution >= 0.6 is 0 Å². The molecule has 2 saturated heterocycles. The fourth-order valence-corrected chi connectivity index (χ4v) is 4.66. The van der Waals surface area contributed by atoms with E-state index < -0.39 is 0 Å². The van der Waals surface area contributed by atoms with Crippen LogP contribution in [0.15, 0.2) is 48.5 Å². The van der Waals surface area contributed by atoms with Crippen molar-refractivity contribution < 1.29 is 19.1 Å². The molecule has 35 heavy (non-hydrogen) atoms. The first kappa shape index (κ1) is 24.7. The average molecular weight is 479 g/mol. The highest BCUT2D eigenvalue weighted by Crippen LogP contribution is 2.24. The standard InChI is InChI=1S/C27H34N4O4/c1-30-14-2-3-24(17-30)35-27(33)22-12-15-31(16-13-22)25(32)18-34-23-10-8-20(9-11-23)19-4-6-21(7-5-19)26(28)29/h4-11,22,24H,2-3,12-18H2,1H3,(H3,28,29). The summed E-state index contributed by atoms with van der Waals surface area (Å²) in [4.78, 5) is 29.1. The Morgan fingerprint density at radius 3 is 2.20 bits per heavy atom. The van der Waals surface area contributed by atoms with Gasteiger partial charge in [0.2, 0.25) is 0 Å². The van der Waals surface area contributed by atoms with Gasteiger partial charge in [-0.1, -0.05) is 36.4 Å². The quantitative estimate of drug-likeness (QED) is 0.360. The van der Waals surface area contributed by atoms with Crippen molar-refractivity contribution in [1.29, 1.82) is 5.41 Å². The van der Waals surface area contributed by atoms with Crippen LogP contribution in [0.4, 0.5) is 0 Å². The molecule has 2 aromatic carbocycles. The van der Waals surface area contributed by atoms with Gasteiger partial charge in [-0.05, 0) is 62.5 Å². The van der Waals surface area contributed by atoms with Crippen molar-refractivity contribution in [1.82, 2.24) is 9.80 Å². The molecule has 2 aromatic rings. The minimum Gasteiger partial charge on any atom is -0.484 e. The van der Waals surface area contributed by atoms with E-state index in [1.54, 1.807) is 4.90 Å². The Balaban J connectivity index is 1.20. The van der Waals surface area contributed by atoms with Crippen molar-refractivity contribution in [3.05, 3.63) is 54.1 Å². The van der Waals surface area contributed by atoms with E-state index in [1.807, 2.05) is 48.5 Å². The maximum atomic E-state index is 12.6. The number of hydrogen-bond acceptors (Lipinski definition) is 6. The molecule has 0 aromatic heterocycles. The normalized spacial score (nSPS) is 19.2. The van der Waals surface area contributed by atoms with E-state index in [0.29, 0.717) is 37.2 Å². The lowest BCUT2D eigenvalue weighted by molar-refractivity contribution is -0.159. The highest BCUT2D eigenvalue weighted by Gasteiger charge is 2.30. The Kier molecular flexibility index (Phi) is 8.02. The zero-order valence-corrected chi connectivity index (χ0v) is 20.2. The molecule has 2 aliphatic rings. The Hall–Kier alpha value is -3.39. The molecule has 0 bridgehead atoms. The number of carbonyl (C=O) groups is 2. The van der Waals surface area contributed by atoms with Crippen molar-refractivity contribution in [2.45, 2.75) is 31.8 Å². The molecule has 186 valence electrons. The number of likely N-dealkylation sites (tertiary alicyclic amines) is 2. The molecule has 1 unspecified atom stereocenters. The van der Waals surface area contributed by atoms with Crippen molar-refractivity contribution in [3.8, 4) is 16.9 Å². The number of piperidine rings is 2. The largest absolute Gasteiger partial charge is 0.484 e. The molecule has 4 rings (SSSR count). The number of benzene rings is 2. The topological polar surface area (TPSA) is 109 Å². The minimum absolute atomic E-state index is 0.0133. The van der Waals surface area contributed by atoms with E-state index in [1.165, 1.54) is 0 Å². The first-order valence-corrected chi connectivity index (χ1v) is 12.2. The lowest BCUT2D eigenvalue weighted by Crippen LogP contribution is -2.44. The van der Waals surface area contributed by atoms with E-state index in [0.717, 1.165) is 37.1 Å². The van der Waals surface area contributed by atoms with Gasteiger partial charge in [-0.15, -0.1) is 0 Å². The highest BCUT2D eigenvalue weighted by molar-refractivity contribution is 5.95. The number of nitrogens with zero attached hydrogens (tertiary/aromatic N) is 2. The number of rotatable bonds is 7. The number of carbonyl (C=O) groups excluding carboxylic acids is 2. The summed E-state index contributed by atoms with van der Waals surface area (Å²) in [7, 11) is 2.05. The van der Waals surface area contributed by atoms with Crippen molar-refractivity contribution in [2.75, 3.05) is 39.8 Å². The molecule has 0 radical (unpaired) electrons.